The van der Waals surface area contributed by atoms with E-state index in [4.69, 9.17) is 0 Å². The highest BCUT2D eigenvalue weighted by Gasteiger charge is 1.73. The Morgan fingerprint density at radius 3 is 1.55 bits per heavy atom. The first kappa shape index (κ1) is 10.5. The molecule has 11 heavy (non-hydrogen) atoms. The zero-order chi connectivity index (χ0) is 8.36. The minimum absolute atomic E-state index is 1.11. The highest BCUT2D eigenvalue weighted by Crippen LogP contribution is 1.94. The van der Waals surface area contributed by atoms with Gasteiger partial charge in [0.15, 0.2) is 0 Å². The van der Waals surface area contributed by atoms with Crippen LogP contribution < -0.4 is 0 Å². The molecule has 0 saturated heterocycles. The van der Waals surface area contributed by atoms with Gasteiger partial charge in [0, 0.05) is 0 Å². The molecule has 0 N–H and O–H groups in total. The van der Waals surface area contributed by atoms with Gasteiger partial charge in [0.25, 0.3) is 0 Å². The molecule has 0 aromatic heterocycles. The fourth-order valence-corrected chi connectivity index (χ4v) is 0.840. The molecule has 0 rings (SSSR count). The summed E-state index contributed by atoms with van der Waals surface area (Å²) in [5, 5.41) is 0. The van der Waals surface area contributed by atoms with E-state index in [1.54, 1.807) is 0 Å². The second kappa shape index (κ2) is 9.48. The SMILES string of the molecule is CCC/C=C/C/C=C/CCC. The number of allylic oxidation sites excluding steroid dienone is 4. The van der Waals surface area contributed by atoms with Crippen LogP contribution in [0.1, 0.15) is 46.0 Å². The Hall–Kier alpha value is -0.520. The molecule has 0 fully saturated rings. The van der Waals surface area contributed by atoms with Crippen LogP contribution in [0.3, 0.4) is 0 Å². The van der Waals surface area contributed by atoms with Crippen LogP contribution in [-0.4, -0.2) is 0 Å². The molecule has 0 aliphatic carbocycles. The molecule has 0 heteroatoms. The lowest BCUT2D eigenvalue weighted by molar-refractivity contribution is 0.948. The van der Waals surface area contributed by atoms with E-state index < -0.39 is 0 Å². The average Bonchev–Trinajstić information content (AvgIpc) is 2.03. The van der Waals surface area contributed by atoms with Crippen molar-refractivity contribution in [2.45, 2.75) is 46.0 Å². The number of rotatable bonds is 6. The Kier molecular flexibility index (Phi) is 9.03. The van der Waals surface area contributed by atoms with E-state index in [0.717, 1.165) is 6.42 Å². The van der Waals surface area contributed by atoms with Crippen molar-refractivity contribution in [2.75, 3.05) is 0 Å². The molecule has 0 atom stereocenters. The van der Waals surface area contributed by atoms with Gasteiger partial charge in [0.2, 0.25) is 0 Å². The zero-order valence-corrected chi connectivity index (χ0v) is 7.84. The van der Waals surface area contributed by atoms with Crippen LogP contribution in [-0.2, 0) is 0 Å². The van der Waals surface area contributed by atoms with Crippen LogP contribution in [0.15, 0.2) is 24.3 Å². The lowest BCUT2D eigenvalue weighted by Crippen LogP contribution is -1.64. The number of hydrogen-bond acceptors (Lipinski definition) is 0. The summed E-state index contributed by atoms with van der Waals surface area (Å²) in [4.78, 5) is 0. The summed E-state index contributed by atoms with van der Waals surface area (Å²) in [5.41, 5.74) is 0. The molecule has 0 aliphatic heterocycles. The quantitative estimate of drug-likeness (QED) is 0.503. The Labute approximate surface area is 71.0 Å². The predicted octanol–water partition coefficient (Wildman–Crippen LogP) is 4.09. The van der Waals surface area contributed by atoms with Crippen LogP contribution in [0, 0.1) is 0 Å². The van der Waals surface area contributed by atoms with Gasteiger partial charge in [-0.2, -0.15) is 0 Å². The zero-order valence-electron chi connectivity index (χ0n) is 7.84. The molecule has 0 aliphatic rings. The highest BCUT2D eigenvalue weighted by atomic mass is 13.8. The maximum Gasteiger partial charge on any atom is -0.0169 e. The van der Waals surface area contributed by atoms with Crippen molar-refractivity contribution < 1.29 is 0 Å². The van der Waals surface area contributed by atoms with E-state index in [1.807, 2.05) is 0 Å². The first-order valence-corrected chi connectivity index (χ1v) is 4.71. The van der Waals surface area contributed by atoms with Crippen molar-refractivity contribution in [2.24, 2.45) is 0 Å². The lowest BCUT2D eigenvalue weighted by Gasteiger charge is -1.84. The first-order chi connectivity index (χ1) is 5.41. The largest absolute Gasteiger partial charge is 0.0882 e. The van der Waals surface area contributed by atoms with E-state index in [-0.39, 0.29) is 0 Å². The van der Waals surface area contributed by atoms with Crippen molar-refractivity contribution in [3.05, 3.63) is 24.3 Å². The monoisotopic (exact) mass is 152 g/mol. The Bertz CT molecular complexity index is 95.2. The fraction of sp³-hybridized carbons (Fsp3) is 0.636. The van der Waals surface area contributed by atoms with Crippen LogP contribution in [0.4, 0.5) is 0 Å². The average molecular weight is 152 g/mol. The normalized spacial score (nSPS) is 11.8. The fourth-order valence-electron chi connectivity index (χ4n) is 0.840. The smallest absolute Gasteiger partial charge is 0.0169 e. The molecule has 0 saturated carbocycles. The first-order valence-electron chi connectivity index (χ1n) is 4.71. The van der Waals surface area contributed by atoms with Gasteiger partial charge < -0.3 is 0 Å². The Balaban J connectivity index is 3.11. The third kappa shape index (κ3) is 9.48. The van der Waals surface area contributed by atoms with Crippen LogP contribution >= 0.6 is 0 Å². The summed E-state index contributed by atoms with van der Waals surface area (Å²) in [5.74, 6) is 0. The highest BCUT2D eigenvalue weighted by molar-refractivity contribution is 4.92. The third-order valence-electron chi connectivity index (χ3n) is 1.52. The van der Waals surface area contributed by atoms with Crippen LogP contribution in [0.25, 0.3) is 0 Å². The summed E-state index contributed by atoms with van der Waals surface area (Å²) < 4.78 is 0. The van der Waals surface area contributed by atoms with Gasteiger partial charge in [-0.05, 0) is 19.3 Å². The molecule has 0 amide bonds. The van der Waals surface area contributed by atoms with Gasteiger partial charge >= 0.3 is 0 Å². The minimum Gasteiger partial charge on any atom is -0.0882 e. The number of unbranched alkanes of at least 4 members (excludes halogenated alkanes) is 2. The number of hydrogen-bond donors (Lipinski definition) is 0. The van der Waals surface area contributed by atoms with Crippen molar-refractivity contribution in [3.8, 4) is 0 Å². The Morgan fingerprint density at radius 1 is 0.727 bits per heavy atom. The molecule has 0 unspecified atom stereocenters. The van der Waals surface area contributed by atoms with Gasteiger partial charge in [0.1, 0.15) is 0 Å². The van der Waals surface area contributed by atoms with Crippen LogP contribution in [0.2, 0.25) is 0 Å². The van der Waals surface area contributed by atoms with Gasteiger partial charge in [-0.1, -0.05) is 51.0 Å². The summed E-state index contributed by atoms with van der Waals surface area (Å²) >= 11 is 0. The maximum atomic E-state index is 2.26. The molecule has 0 radical (unpaired) electrons. The van der Waals surface area contributed by atoms with Crippen molar-refractivity contribution >= 4 is 0 Å². The van der Waals surface area contributed by atoms with E-state index in [0.29, 0.717) is 0 Å². The molecule has 0 aromatic rings. The molecule has 0 bridgehead atoms. The standard InChI is InChI=1S/C11H20/c1-3-5-7-9-11-10-8-6-4-2/h7-10H,3-6,11H2,1-2H3/b9-7+,10-8+. The van der Waals surface area contributed by atoms with Crippen molar-refractivity contribution in [1.82, 2.24) is 0 Å². The minimum atomic E-state index is 1.11. The summed E-state index contributed by atoms with van der Waals surface area (Å²) in [6.07, 6.45) is 15.1. The lowest BCUT2D eigenvalue weighted by atomic mass is 10.2. The summed E-state index contributed by atoms with van der Waals surface area (Å²) in [6.45, 7) is 4.41. The van der Waals surface area contributed by atoms with E-state index in [1.165, 1.54) is 25.7 Å². The van der Waals surface area contributed by atoms with E-state index >= 15 is 0 Å². The van der Waals surface area contributed by atoms with Gasteiger partial charge in [-0.3, -0.25) is 0 Å². The second-order valence-electron chi connectivity index (χ2n) is 2.76. The van der Waals surface area contributed by atoms with Crippen molar-refractivity contribution in [1.29, 1.82) is 0 Å². The Morgan fingerprint density at radius 2 is 1.18 bits per heavy atom. The maximum absolute atomic E-state index is 2.26. The topological polar surface area (TPSA) is 0 Å². The molecule has 0 spiro atoms. The van der Waals surface area contributed by atoms with Gasteiger partial charge in [0.05, 0.1) is 0 Å². The molecule has 0 nitrogen and oxygen atoms in total. The second-order valence-corrected chi connectivity index (χ2v) is 2.76. The van der Waals surface area contributed by atoms with E-state index in [2.05, 4.69) is 38.2 Å². The van der Waals surface area contributed by atoms with Crippen molar-refractivity contribution in [3.63, 3.8) is 0 Å². The summed E-state index contributed by atoms with van der Waals surface area (Å²) in [6, 6.07) is 0. The summed E-state index contributed by atoms with van der Waals surface area (Å²) in [7, 11) is 0. The van der Waals surface area contributed by atoms with Gasteiger partial charge in [-0.25, -0.2) is 0 Å². The molecular weight excluding hydrogens is 132 g/mol. The van der Waals surface area contributed by atoms with E-state index in [9.17, 15) is 0 Å². The van der Waals surface area contributed by atoms with Crippen LogP contribution in [0.5, 0.6) is 0 Å². The van der Waals surface area contributed by atoms with Gasteiger partial charge in [-0.15, -0.1) is 0 Å². The molecular formula is C11H20. The molecule has 0 aromatic carbocycles. The predicted molar refractivity (Wildman–Crippen MR) is 52.7 cm³/mol. The third-order valence-corrected chi connectivity index (χ3v) is 1.52. The molecule has 64 valence electrons. The molecule has 0 heterocycles.